The molecule has 0 N–H and O–H groups in total. The third-order valence-corrected chi connectivity index (χ3v) is 7.29. The first-order chi connectivity index (χ1) is 19.5. The molecule has 0 aliphatic rings. The SMILES string of the molecule is CCCCCCCC/C=C\CCCCCCCC(=O)[O-].CCCCCCCC/C=C\CCCCCCCC(=O)[O-].[Sn+4]. The third kappa shape index (κ3) is 49.2. The molecule has 0 aliphatic heterocycles. The van der Waals surface area contributed by atoms with Gasteiger partial charge >= 0.3 is 23.9 Å². The molecule has 5 heteroatoms. The summed E-state index contributed by atoms with van der Waals surface area (Å²) < 4.78 is 0. The van der Waals surface area contributed by atoms with E-state index < -0.39 is 11.9 Å². The maximum Gasteiger partial charge on any atom is 4.00 e. The van der Waals surface area contributed by atoms with Crippen molar-refractivity contribution in [1.29, 1.82) is 0 Å². The molecular weight excluding hydrogens is 615 g/mol. The molecular formula is C36H66O4Sn+2. The van der Waals surface area contributed by atoms with E-state index in [2.05, 4.69) is 38.2 Å². The number of unbranched alkanes of at least 4 members (excludes halogenated alkanes) is 22. The fourth-order valence-corrected chi connectivity index (χ4v) is 4.68. The molecule has 0 aliphatic carbocycles. The van der Waals surface area contributed by atoms with Crippen molar-refractivity contribution in [2.75, 3.05) is 0 Å². The molecule has 0 aromatic carbocycles. The molecule has 0 bridgehead atoms. The molecule has 0 amide bonds. The summed E-state index contributed by atoms with van der Waals surface area (Å²) in [6.45, 7) is 4.51. The summed E-state index contributed by atoms with van der Waals surface area (Å²) in [6.07, 6.45) is 41.8. The zero-order valence-electron chi connectivity index (χ0n) is 27.2. The Hall–Kier alpha value is -0.781. The van der Waals surface area contributed by atoms with Gasteiger partial charge in [0.25, 0.3) is 0 Å². The van der Waals surface area contributed by atoms with Crippen LogP contribution >= 0.6 is 0 Å². The first kappa shape index (κ1) is 44.7. The monoisotopic (exact) mass is 682 g/mol. The second kappa shape index (κ2) is 41.4. The van der Waals surface area contributed by atoms with E-state index in [0.29, 0.717) is 0 Å². The Morgan fingerprint density at radius 3 is 0.854 bits per heavy atom. The predicted molar refractivity (Wildman–Crippen MR) is 175 cm³/mol. The first-order valence-electron chi connectivity index (χ1n) is 17.2. The van der Waals surface area contributed by atoms with Crippen LogP contribution in [0, 0.1) is 0 Å². The summed E-state index contributed by atoms with van der Waals surface area (Å²) in [5, 5.41) is 20.4. The summed E-state index contributed by atoms with van der Waals surface area (Å²) in [4.78, 5) is 20.4. The van der Waals surface area contributed by atoms with E-state index in [1.165, 1.54) is 128 Å². The van der Waals surface area contributed by atoms with E-state index >= 15 is 0 Å². The number of allylic oxidation sites excluding steroid dienone is 4. The molecule has 0 fully saturated rings. The van der Waals surface area contributed by atoms with Gasteiger partial charge in [-0.15, -0.1) is 0 Å². The van der Waals surface area contributed by atoms with Gasteiger partial charge in [0.2, 0.25) is 0 Å². The maximum absolute atomic E-state index is 10.2. The first-order valence-corrected chi connectivity index (χ1v) is 17.2. The maximum atomic E-state index is 10.2. The summed E-state index contributed by atoms with van der Waals surface area (Å²) in [6, 6.07) is 0. The molecule has 0 heterocycles. The summed E-state index contributed by atoms with van der Waals surface area (Å²) >= 11 is 0. The number of carboxylic acids is 2. The second-order valence-electron chi connectivity index (χ2n) is 11.4. The van der Waals surface area contributed by atoms with Crippen molar-refractivity contribution in [3.05, 3.63) is 24.3 Å². The van der Waals surface area contributed by atoms with Crippen LogP contribution in [0.1, 0.15) is 194 Å². The number of carboxylic acid groups (broad SMARTS) is 2. The minimum absolute atomic E-state index is 0. The van der Waals surface area contributed by atoms with Gasteiger partial charge in [0.1, 0.15) is 0 Å². The molecule has 0 aromatic rings. The Balaban J connectivity index is -0.000000688. The number of carbonyl (C=O) groups is 2. The Morgan fingerprint density at radius 2 is 0.610 bits per heavy atom. The quantitative estimate of drug-likeness (QED) is 0.0430. The molecule has 0 unspecified atom stereocenters. The standard InChI is InChI=1S/2C18H34O2.Sn/c2*1-2-3-4-5-6-7-8-9-10-11-12-13-14-15-16-17-18(19)20;/h2*9-10H,2-8,11-17H2,1H3,(H,19,20);/q;;+4/p-2/b2*10-9-;. The fraction of sp³-hybridized carbons (Fsp3) is 0.833. The molecule has 0 radical (unpaired) electrons. The average molecular weight is 682 g/mol. The molecule has 0 rings (SSSR count). The van der Waals surface area contributed by atoms with Crippen molar-refractivity contribution in [2.24, 2.45) is 0 Å². The Morgan fingerprint density at radius 1 is 0.390 bits per heavy atom. The van der Waals surface area contributed by atoms with E-state index in [-0.39, 0.29) is 36.7 Å². The van der Waals surface area contributed by atoms with Gasteiger partial charge in [-0.1, -0.05) is 141 Å². The summed E-state index contributed by atoms with van der Waals surface area (Å²) in [7, 11) is 0. The van der Waals surface area contributed by atoms with Crippen molar-refractivity contribution in [2.45, 2.75) is 194 Å². The van der Waals surface area contributed by atoms with Gasteiger partial charge in [0, 0.05) is 11.9 Å². The summed E-state index contributed by atoms with van der Waals surface area (Å²) in [5.41, 5.74) is 0. The topological polar surface area (TPSA) is 80.3 Å². The molecule has 0 saturated heterocycles. The normalized spacial score (nSPS) is 11.0. The van der Waals surface area contributed by atoms with Crippen LogP contribution in [0.15, 0.2) is 24.3 Å². The van der Waals surface area contributed by atoms with Gasteiger partial charge in [-0.05, 0) is 77.0 Å². The smallest absolute Gasteiger partial charge is 0.550 e. The minimum Gasteiger partial charge on any atom is -0.550 e. The van der Waals surface area contributed by atoms with Crippen LogP contribution in [0.2, 0.25) is 0 Å². The van der Waals surface area contributed by atoms with Gasteiger partial charge < -0.3 is 19.8 Å². The molecule has 0 saturated carbocycles. The van der Waals surface area contributed by atoms with E-state index in [1.54, 1.807) is 0 Å². The number of carbonyl (C=O) groups excluding carboxylic acids is 2. The van der Waals surface area contributed by atoms with Crippen molar-refractivity contribution in [3.8, 4) is 0 Å². The van der Waals surface area contributed by atoms with Crippen molar-refractivity contribution in [1.82, 2.24) is 0 Å². The fourth-order valence-electron chi connectivity index (χ4n) is 4.68. The Bertz CT molecular complexity index is 524. The van der Waals surface area contributed by atoms with Gasteiger partial charge in [0.05, 0.1) is 0 Å². The number of aliphatic carboxylic acids is 2. The van der Waals surface area contributed by atoms with Crippen LogP contribution in [0.3, 0.4) is 0 Å². The van der Waals surface area contributed by atoms with Crippen LogP contribution in [0.5, 0.6) is 0 Å². The van der Waals surface area contributed by atoms with Crippen LogP contribution in [-0.2, 0) is 9.59 Å². The largest absolute Gasteiger partial charge is 4.00 e. The minimum atomic E-state index is -0.914. The third-order valence-electron chi connectivity index (χ3n) is 7.29. The van der Waals surface area contributed by atoms with E-state index in [9.17, 15) is 19.8 Å². The Kier molecular flexibility index (Phi) is 45.0. The summed E-state index contributed by atoms with van der Waals surface area (Å²) in [5.74, 6) is -1.83. The molecule has 41 heavy (non-hydrogen) atoms. The number of rotatable bonds is 30. The van der Waals surface area contributed by atoms with Crippen LogP contribution in [0.25, 0.3) is 0 Å². The number of hydrogen-bond donors (Lipinski definition) is 0. The van der Waals surface area contributed by atoms with Gasteiger partial charge in [-0.2, -0.15) is 0 Å². The van der Waals surface area contributed by atoms with Crippen molar-refractivity contribution in [3.63, 3.8) is 0 Å². The van der Waals surface area contributed by atoms with Crippen molar-refractivity contribution < 1.29 is 19.8 Å². The molecule has 0 atom stereocenters. The van der Waals surface area contributed by atoms with Crippen molar-refractivity contribution >= 4 is 35.8 Å². The van der Waals surface area contributed by atoms with Crippen LogP contribution in [-0.4, -0.2) is 35.8 Å². The number of hydrogen-bond acceptors (Lipinski definition) is 4. The van der Waals surface area contributed by atoms with Gasteiger partial charge in [0.15, 0.2) is 0 Å². The second-order valence-corrected chi connectivity index (χ2v) is 11.4. The molecule has 0 spiro atoms. The van der Waals surface area contributed by atoms with Gasteiger partial charge in [-0.25, -0.2) is 0 Å². The molecule has 4 nitrogen and oxygen atoms in total. The van der Waals surface area contributed by atoms with Crippen LogP contribution in [0.4, 0.5) is 0 Å². The van der Waals surface area contributed by atoms with E-state index in [4.69, 9.17) is 0 Å². The zero-order chi connectivity index (χ0) is 29.8. The van der Waals surface area contributed by atoms with Crippen LogP contribution < -0.4 is 10.2 Å². The van der Waals surface area contributed by atoms with E-state index in [0.717, 1.165) is 38.5 Å². The Labute approximate surface area is 272 Å². The zero-order valence-corrected chi connectivity index (χ0v) is 30.1. The van der Waals surface area contributed by atoms with Gasteiger partial charge in [-0.3, -0.25) is 0 Å². The predicted octanol–water partition coefficient (Wildman–Crippen LogP) is 9.17. The van der Waals surface area contributed by atoms with E-state index in [1.807, 2.05) is 0 Å². The average Bonchev–Trinajstić information content (AvgIpc) is 2.93. The molecule has 236 valence electrons. The molecule has 0 aromatic heterocycles.